The van der Waals surface area contributed by atoms with Crippen molar-refractivity contribution in [2.24, 2.45) is 45.8 Å². The first kappa shape index (κ1) is 88.3. The average Bonchev–Trinajstić information content (AvgIpc) is 1.46. The van der Waals surface area contributed by atoms with E-state index in [1.165, 1.54) is 91.4 Å². The summed E-state index contributed by atoms with van der Waals surface area (Å²) in [6.07, 6.45) is 26.0. The van der Waals surface area contributed by atoms with Crippen LogP contribution in [-0.2, 0) is 52.9 Å². The third-order valence-electron chi connectivity index (χ3n) is 20.8. The topological polar surface area (TPSA) is 217 Å². The highest BCUT2D eigenvalue weighted by molar-refractivity contribution is 7.99. The number of carboxylic acid groups (broad SMARTS) is 1. The molecule has 2 aromatic rings. The van der Waals surface area contributed by atoms with Crippen LogP contribution in [-0.4, -0.2) is 145 Å². The average molecular weight is 1510 g/mol. The Morgan fingerprint density at radius 2 is 1.38 bits per heavy atom. The number of carbonyl (C=O) groups is 5. The van der Waals surface area contributed by atoms with Crippen molar-refractivity contribution in [2.75, 3.05) is 63.9 Å². The molecule has 3 aliphatic carbocycles. The molecule has 5 aliphatic heterocycles. The third kappa shape index (κ3) is 25.0. The van der Waals surface area contributed by atoms with E-state index in [1.807, 2.05) is 24.8 Å². The number of carbonyl (C=O) groups excluding carboxylic acids is 6. The molecule has 2 aromatic carbocycles. The number of β-lactam (4-membered cyclic amide) rings is 1. The molecule has 0 radical (unpaired) electrons. The molecule has 0 bridgehead atoms. The Bertz CT molecular complexity index is 3420. The Morgan fingerprint density at radius 3 is 1.97 bits per heavy atom. The standard InChI is InChI=1S/C29H37ClFN3O2S.C20H31F.C13H18FNO5S.C7H11FO2.C6H8FNO.CO2.ClH/c1-23(12-13-31)8-11-29(35)36-21-5-15-33-19-17-32(18-20-33)14-4-16-34-25-6-2-3-7-27(25)37-28-10-9-24(30)22-26(28)34;1-18(2)9-5-10-20(4)16-8-11-19(3,12-13-21)14-15(16)6-7-17(18)20;1-8(4-5-14)7-20-12(17)11-13(2,3)21(18,19)10-6-9(16)15(10)11;1-6(4-5-8)2-3-7(9)10;7-4-3-5-1-2-6(9)8-5;2-1-3;/h2-3,6-7,9-10,12-13,22-23H,4-5,8,11,14-21H2,1H3;6,12-13,16-17H,5,7-11,14H2,1-4H3;4-5,8,10-11H,6-7H2,1-3H3;4-6H,2-3H2,1H3,(H,9,10);3-5H,1-2H2,(H,8,9);;1H/b2*13-12-;2*5-4-;4-3-;;/t23-;16-,17-,19+,20+;8?,10-,11+;;;;/m001..../s1. The van der Waals surface area contributed by atoms with E-state index in [9.17, 15) is 54.3 Å². The number of esters is 2. The summed E-state index contributed by atoms with van der Waals surface area (Å²) in [5.74, 6) is -0.834. The fraction of sp³-hybridized carbons (Fsp3) is 0.605. The first-order valence-corrected chi connectivity index (χ1v) is 37.8. The fourth-order valence-corrected chi connectivity index (χ4v) is 18.4. The lowest BCUT2D eigenvalue weighted by Gasteiger charge is -2.59. The summed E-state index contributed by atoms with van der Waals surface area (Å²) in [7, 11) is -3.61. The minimum absolute atomic E-state index is 0. The van der Waals surface area contributed by atoms with E-state index in [0.29, 0.717) is 68.4 Å². The molecule has 0 aromatic heterocycles. The molecule has 4 saturated heterocycles. The molecular weight excluding hydrogens is 1400 g/mol. The smallest absolute Gasteiger partial charge is 0.373 e. The number of sulfone groups is 1. The lowest BCUT2D eigenvalue weighted by molar-refractivity contribution is -0.192. The molecule has 6 fully saturated rings. The van der Waals surface area contributed by atoms with Gasteiger partial charge in [-0.2, -0.15) is 9.59 Å². The number of amides is 2. The molecule has 568 valence electrons. The lowest BCUT2D eigenvalue weighted by atomic mass is 9.46. The number of nitrogens with one attached hydrogen (secondary N) is 1. The van der Waals surface area contributed by atoms with Crippen LogP contribution in [0.5, 0.6) is 0 Å². The van der Waals surface area contributed by atoms with E-state index in [0.717, 1.165) is 106 Å². The molecule has 10 atom stereocenters. The van der Waals surface area contributed by atoms with E-state index >= 15 is 0 Å². The number of rotatable bonds is 22. The maximum Gasteiger partial charge on any atom is 0.373 e. The van der Waals surface area contributed by atoms with Gasteiger partial charge in [-0.25, -0.2) is 35.2 Å². The van der Waals surface area contributed by atoms with Crippen LogP contribution in [0, 0.1) is 45.8 Å². The Labute approximate surface area is 615 Å². The minimum atomic E-state index is -3.61. The third-order valence-corrected chi connectivity index (χ3v) is 25.0. The zero-order chi connectivity index (χ0) is 74.7. The van der Waals surface area contributed by atoms with Crippen LogP contribution in [0.2, 0.25) is 5.02 Å². The number of anilines is 2. The quantitative estimate of drug-likeness (QED) is 0.0368. The predicted octanol–water partition coefficient (Wildman–Crippen LogP) is 16.6. The van der Waals surface area contributed by atoms with Gasteiger partial charge in [-0.1, -0.05) is 114 Å². The number of allylic oxidation sites excluding steroid dienone is 5. The van der Waals surface area contributed by atoms with Gasteiger partial charge in [0.2, 0.25) is 11.8 Å². The number of benzene rings is 2. The van der Waals surface area contributed by atoms with Crippen molar-refractivity contribution in [2.45, 2.75) is 197 Å². The van der Waals surface area contributed by atoms with Crippen LogP contribution in [0.25, 0.3) is 0 Å². The molecule has 2 N–H and O–H groups in total. The molecule has 10 rings (SSSR count). The normalized spacial score (nSPS) is 25.8. The number of hydrogen-bond acceptors (Lipinski definition) is 15. The number of carboxylic acids is 1. The van der Waals surface area contributed by atoms with Gasteiger partial charge in [0.15, 0.2) is 9.84 Å². The number of halogens is 7. The summed E-state index contributed by atoms with van der Waals surface area (Å²) in [6.45, 7) is 25.5. The number of para-hydroxylation sites is 1. The summed E-state index contributed by atoms with van der Waals surface area (Å²) in [5, 5.41) is 10.6. The van der Waals surface area contributed by atoms with Crippen molar-refractivity contribution < 1.29 is 78.5 Å². The number of hydrogen-bond donors (Lipinski definition) is 2. The van der Waals surface area contributed by atoms with Gasteiger partial charge in [0.25, 0.3) is 0 Å². The minimum Gasteiger partial charge on any atom is -0.481 e. The summed E-state index contributed by atoms with van der Waals surface area (Å²) in [6, 6.07) is 13.6. The summed E-state index contributed by atoms with van der Waals surface area (Å²) < 4.78 is 93.4. The maximum absolute atomic E-state index is 12.7. The number of nitrogens with zero attached hydrogens (tertiary/aromatic N) is 4. The van der Waals surface area contributed by atoms with Crippen LogP contribution in [0.3, 0.4) is 0 Å². The SMILES string of the molecule is CC(/C=C\F)CCC(=O)O.CC(/C=C\F)COC(=O)[C@@H]1N2C(=O)C[C@H]2S(=O)(=O)C1(C)C.CC1(C)CCC[C@]2(C)[C@H]3CC[C@](C)(/C=C\F)CC3=CC[C@@H]12.C[C@H](/C=C\F)CCC(=O)OCCCN1CCN(CCCN2c3ccccc3Sc3ccc(Cl)cc32)CC1.Cl.O=C1CCC(/C=C\F)N1.O=C=O. The zero-order valence-corrected chi connectivity index (χ0v) is 63.6. The first-order chi connectivity index (χ1) is 47.9. The zero-order valence-electron chi connectivity index (χ0n) is 60.4. The van der Waals surface area contributed by atoms with Crippen LogP contribution >= 0.6 is 35.8 Å². The predicted molar refractivity (Wildman–Crippen MR) is 391 cm³/mol. The van der Waals surface area contributed by atoms with Gasteiger partial charge in [0, 0.05) is 79.3 Å². The Kier molecular flexibility index (Phi) is 36.4. The lowest BCUT2D eigenvalue weighted by Crippen LogP contribution is -2.57. The van der Waals surface area contributed by atoms with E-state index < -0.39 is 37.9 Å². The molecule has 0 spiro atoms. The molecule has 2 saturated carbocycles. The number of aliphatic carboxylic acids is 1. The summed E-state index contributed by atoms with van der Waals surface area (Å²) in [4.78, 5) is 83.4. The van der Waals surface area contributed by atoms with Crippen molar-refractivity contribution in [1.29, 1.82) is 0 Å². The van der Waals surface area contributed by atoms with E-state index in [2.05, 4.69) is 90.2 Å². The number of piperazine rings is 1. The largest absolute Gasteiger partial charge is 0.481 e. The fourth-order valence-electron chi connectivity index (χ4n) is 15.0. The Hall–Kier alpha value is -6.14. The van der Waals surface area contributed by atoms with Gasteiger partial charge in [0.1, 0.15) is 11.4 Å². The van der Waals surface area contributed by atoms with E-state index in [4.69, 9.17) is 35.8 Å². The van der Waals surface area contributed by atoms with E-state index in [-0.39, 0.29) is 85.0 Å². The Balaban J connectivity index is 0.000000291. The van der Waals surface area contributed by atoms with Crippen molar-refractivity contribution in [3.05, 3.63) is 121 Å². The molecule has 102 heavy (non-hydrogen) atoms. The van der Waals surface area contributed by atoms with Crippen molar-refractivity contribution >= 4 is 92.9 Å². The maximum atomic E-state index is 12.7. The highest BCUT2D eigenvalue weighted by Gasteiger charge is 2.68. The van der Waals surface area contributed by atoms with Gasteiger partial charge >= 0.3 is 24.1 Å². The van der Waals surface area contributed by atoms with E-state index in [1.54, 1.807) is 25.5 Å². The van der Waals surface area contributed by atoms with Crippen molar-refractivity contribution in [1.82, 2.24) is 20.0 Å². The first-order valence-electron chi connectivity index (χ1n) is 35.1. The van der Waals surface area contributed by atoms with Crippen molar-refractivity contribution in [3.63, 3.8) is 0 Å². The van der Waals surface area contributed by atoms with Gasteiger partial charge in [-0.3, -0.25) is 19.2 Å². The monoisotopic (exact) mass is 1510 g/mol. The number of ether oxygens (including phenoxy) is 2. The highest BCUT2D eigenvalue weighted by atomic mass is 35.5. The second-order valence-corrected chi connectivity index (χ2v) is 33.4. The Morgan fingerprint density at radius 1 is 0.775 bits per heavy atom. The van der Waals surface area contributed by atoms with Gasteiger partial charge in [-0.05, 0) is 179 Å². The van der Waals surface area contributed by atoms with Gasteiger partial charge in [-0.15, -0.1) is 12.4 Å². The summed E-state index contributed by atoms with van der Waals surface area (Å²) in [5.41, 5.74) is 5.11. The van der Waals surface area contributed by atoms with Crippen molar-refractivity contribution in [3.8, 4) is 0 Å². The van der Waals surface area contributed by atoms with Crippen LogP contribution in [0.15, 0.2) is 126 Å². The molecule has 17 nitrogen and oxygen atoms in total. The molecule has 26 heteroatoms. The van der Waals surface area contributed by atoms with Gasteiger partial charge in [0.05, 0.1) is 73.4 Å². The molecule has 3 unspecified atom stereocenters. The molecule has 5 heterocycles. The van der Waals surface area contributed by atoms with Crippen LogP contribution in [0.1, 0.15) is 165 Å². The second-order valence-electron chi connectivity index (χ2n) is 29.2. The number of fused-ring (bicyclic) bond motifs is 6. The second kappa shape index (κ2) is 42.1. The molecule has 2 amide bonds. The van der Waals surface area contributed by atoms with Gasteiger partial charge < -0.3 is 39.5 Å². The molecule has 8 aliphatic rings. The molecular formula is C76H106Cl2F5N5O12S2. The van der Waals surface area contributed by atoms with Crippen LogP contribution < -0.4 is 10.2 Å². The summed E-state index contributed by atoms with van der Waals surface area (Å²) >= 11 is 8.16. The van der Waals surface area contributed by atoms with Crippen LogP contribution in [0.4, 0.5) is 33.3 Å². The highest BCUT2D eigenvalue weighted by Crippen LogP contribution is 2.64.